The van der Waals surface area contributed by atoms with Gasteiger partial charge in [0.2, 0.25) is 0 Å². The van der Waals surface area contributed by atoms with Crippen LogP contribution in [0, 0.1) is 5.82 Å². The van der Waals surface area contributed by atoms with E-state index in [0.29, 0.717) is 25.2 Å². The van der Waals surface area contributed by atoms with Crippen LogP contribution < -0.4 is 9.47 Å². The van der Waals surface area contributed by atoms with Gasteiger partial charge in [-0.2, -0.15) is 0 Å². The maximum absolute atomic E-state index is 13.5. The molecule has 0 aromatic heterocycles. The van der Waals surface area contributed by atoms with E-state index >= 15 is 0 Å². The highest BCUT2D eigenvalue weighted by molar-refractivity contribution is 5.72. The molecule has 3 nitrogen and oxygen atoms in total. The first-order valence-electron chi connectivity index (χ1n) is 6.85. The molecule has 0 heterocycles. The van der Waals surface area contributed by atoms with Gasteiger partial charge in [-0.25, -0.2) is 4.39 Å². The normalized spacial score (nSPS) is 10.2. The molecule has 0 aliphatic carbocycles. The third kappa shape index (κ3) is 4.91. The molecule has 0 saturated heterocycles. The minimum Gasteiger partial charge on any atom is -0.489 e. The summed E-state index contributed by atoms with van der Waals surface area (Å²) >= 11 is 0. The molecule has 2 rings (SSSR count). The molecular formula is C17H17FO3. The van der Waals surface area contributed by atoms with E-state index in [4.69, 9.17) is 9.47 Å². The Balaban J connectivity index is 2.03. The Morgan fingerprint density at radius 1 is 1.10 bits per heavy atom. The molecule has 0 N–H and O–H groups in total. The SMILES string of the molecule is CCCC(=O)Oc1cc(F)cc(OCc2ccccc2)c1. The molecule has 0 bridgehead atoms. The lowest BCUT2D eigenvalue weighted by atomic mass is 10.2. The molecule has 0 fully saturated rings. The Morgan fingerprint density at radius 3 is 2.52 bits per heavy atom. The van der Waals surface area contributed by atoms with Gasteiger partial charge in [-0.3, -0.25) is 4.79 Å². The second-order valence-corrected chi connectivity index (χ2v) is 4.62. The molecule has 0 aliphatic rings. The highest BCUT2D eigenvalue weighted by Crippen LogP contribution is 2.23. The highest BCUT2D eigenvalue weighted by atomic mass is 19.1. The average molecular weight is 288 g/mol. The van der Waals surface area contributed by atoms with Crippen molar-refractivity contribution in [3.8, 4) is 11.5 Å². The number of hydrogen-bond acceptors (Lipinski definition) is 3. The molecule has 21 heavy (non-hydrogen) atoms. The molecule has 0 radical (unpaired) electrons. The molecule has 4 heteroatoms. The Hall–Kier alpha value is -2.36. The van der Waals surface area contributed by atoms with Crippen LogP contribution in [0.25, 0.3) is 0 Å². The fourth-order valence-corrected chi connectivity index (χ4v) is 1.81. The summed E-state index contributed by atoms with van der Waals surface area (Å²) < 4.78 is 24.1. The van der Waals surface area contributed by atoms with Gasteiger partial charge in [-0.1, -0.05) is 37.3 Å². The van der Waals surface area contributed by atoms with E-state index in [9.17, 15) is 9.18 Å². The van der Waals surface area contributed by atoms with Crippen molar-refractivity contribution in [3.05, 3.63) is 59.9 Å². The van der Waals surface area contributed by atoms with Crippen LogP contribution in [0.4, 0.5) is 4.39 Å². The Bertz CT molecular complexity index is 596. The van der Waals surface area contributed by atoms with Crippen molar-refractivity contribution in [2.75, 3.05) is 0 Å². The van der Waals surface area contributed by atoms with Crippen LogP contribution in [0.5, 0.6) is 11.5 Å². The summed E-state index contributed by atoms with van der Waals surface area (Å²) in [6.07, 6.45) is 0.988. The molecule has 2 aromatic carbocycles. The van der Waals surface area contributed by atoms with Crippen molar-refractivity contribution in [2.24, 2.45) is 0 Å². The van der Waals surface area contributed by atoms with Gasteiger partial charge in [0.05, 0.1) is 0 Å². The van der Waals surface area contributed by atoms with E-state index in [1.807, 2.05) is 37.3 Å². The summed E-state index contributed by atoms with van der Waals surface area (Å²) in [5, 5.41) is 0. The molecular weight excluding hydrogens is 271 g/mol. The maximum Gasteiger partial charge on any atom is 0.311 e. The van der Waals surface area contributed by atoms with Crippen LogP contribution in [0.2, 0.25) is 0 Å². The highest BCUT2D eigenvalue weighted by Gasteiger charge is 2.07. The van der Waals surface area contributed by atoms with E-state index in [2.05, 4.69) is 0 Å². The van der Waals surface area contributed by atoms with Crippen LogP contribution in [0.15, 0.2) is 48.5 Å². The van der Waals surface area contributed by atoms with Crippen LogP contribution in [0.1, 0.15) is 25.3 Å². The van der Waals surface area contributed by atoms with Gasteiger partial charge in [-0.15, -0.1) is 0 Å². The summed E-state index contributed by atoms with van der Waals surface area (Å²) in [7, 11) is 0. The van der Waals surface area contributed by atoms with Crippen LogP contribution >= 0.6 is 0 Å². The largest absolute Gasteiger partial charge is 0.489 e. The van der Waals surface area contributed by atoms with Crippen LogP contribution in [-0.2, 0) is 11.4 Å². The number of halogens is 1. The zero-order chi connectivity index (χ0) is 15.1. The van der Waals surface area contributed by atoms with Gasteiger partial charge in [0.1, 0.15) is 23.9 Å². The number of hydrogen-bond donors (Lipinski definition) is 0. The quantitative estimate of drug-likeness (QED) is 0.592. The summed E-state index contributed by atoms with van der Waals surface area (Å²) in [5.74, 6) is -0.383. The molecule has 0 atom stereocenters. The maximum atomic E-state index is 13.5. The summed E-state index contributed by atoms with van der Waals surface area (Å²) in [6.45, 7) is 2.20. The summed E-state index contributed by atoms with van der Waals surface area (Å²) in [5.41, 5.74) is 0.978. The van der Waals surface area contributed by atoms with E-state index in [1.165, 1.54) is 18.2 Å². The molecule has 0 aliphatic heterocycles. The Morgan fingerprint density at radius 2 is 1.81 bits per heavy atom. The number of ether oxygens (including phenoxy) is 2. The van der Waals surface area contributed by atoms with Gasteiger partial charge in [-0.05, 0) is 12.0 Å². The predicted octanol–water partition coefficient (Wildman–Crippen LogP) is 4.11. The van der Waals surface area contributed by atoms with Crippen molar-refractivity contribution in [1.82, 2.24) is 0 Å². The smallest absolute Gasteiger partial charge is 0.311 e. The molecule has 0 unspecified atom stereocenters. The number of benzene rings is 2. The lowest BCUT2D eigenvalue weighted by molar-refractivity contribution is -0.134. The van der Waals surface area contributed by atoms with E-state index in [-0.39, 0.29) is 11.7 Å². The van der Waals surface area contributed by atoms with Gasteiger partial charge in [0.15, 0.2) is 0 Å². The second-order valence-electron chi connectivity index (χ2n) is 4.62. The zero-order valence-electron chi connectivity index (χ0n) is 11.8. The lowest BCUT2D eigenvalue weighted by Crippen LogP contribution is -2.07. The lowest BCUT2D eigenvalue weighted by Gasteiger charge is -2.09. The fourth-order valence-electron chi connectivity index (χ4n) is 1.81. The minimum absolute atomic E-state index is 0.163. The van der Waals surface area contributed by atoms with Crippen molar-refractivity contribution in [3.63, 3.8) is 0 Å². The number of carbonyl (C=O) groups excluding carboxylic acids is 1. The number of carbonyl (C=O) groups is 1. The van der Waals surface area contributed by atoms with Crippen molar-refractivity contribution < 1.29 is 18.7 Å². The number of esters is 1. The molecule has 0 spiro atoms. The van der Waals surface area contributed by atoms with Crippen molar-refractivity contribution in [2.45, 2.75) is 26.4 Å². The van der Waals surface area contributed by atoms with Gasteiger partial charge < -0.3 is 9.47 Å². The van der Waals surface area contributed by atoms with Crippen LogP contribution in [0.3, 0.4) is 0 Å². The monoisotopic (exact) mass is 288 g/mol. The number of rotatable bonds is 6. The predicted molar refractivity (Wildman–Crippen MR) is 77.7 cm³/mol. The van der Waals surface area contributed by atoms with E-state index in [0.717, 1.165) is 5.56 Å². The topological polar surface area (TPSA) is 35.5 Å². The minimum atomic E-state index is -0.500. The van der Waals surface area contributed by atoms with Crippen molar-refractivity contribution in [1.29, 1.82) is 0 Å². The van der Waals surface area contributed by atoms with E-state index < -0.39 is 5.82 Å². The Labute approximate surface area is 123 Å². The first kappa shape index (κ1) is 15.0. The summed E-state index contributed by atoms with van der Waals surface area (Å²) in [4.78, 5) is 11.4. The molecule has 2 aromatic rings. The molecule has 0 saturated carbocycles. The van der Waals surface area contributed by atoms with Gasteiger partial charge in [0, 0.05) is 24.6 Å². The van der Waals surface area contributed by atoms with Gasteiger partial charge >= 0.3 is 5.97 Å². The van der Waals surface area contributed by atoms with Gasteiger partial charge in [0.25, 0.3) is 0 Å². The third-order valence-corrected chi connectivity index (χ3v) is 2.78. The molecule has 0 amide bonds. The third-order valence-electron chi connectivity index (χ3n) is 2.78. The fraction of sp³-hybridized carbons (Fsp3) is 0.235. The van der Waals surface area contributed by atoms with E-state index in [1.54, 1.807) is 0 Å². The molecule has 110 valence electrons. The average Bonchev–Trinajstić information content (AvgIpc) is 2.46. The zero-order valence-corrected chi connectivity index (χ0v) is 11.8. The first-order chi connectivity index (χ1) is 10.2. The van der Waals surface area contributed by atoms with Crippen LogP contribution in [-0.4, -0.2) is 5.97 Å². The summed E-state index contributed by atoms with van der Waals surface area (Å²) in [6, 6.07) is 13.5. The van der Waals surface area contributed by atoms with Crippen molar-refractivity contribution >= 4 is 5.97 Å². The standard InChI is InChI=1S/C17H17FO3/c1-2-6-17(19)21-16-10-14(18)9-15(11-16)20-12-13-7-4-3-5-8-13/h3-5,7-11H,2,6,12H2,1H3. The first-order valence-corrected chi connectivity index (χ1v) is 6.85. The second kappa shape index (κ2) is 7.43. The Kier molecular flexibility index (Phi) is 5.32.